The zero-order valence-corrected chi connectivity index (χ0v) is 11.9. The molecule has 0 spiro atoms. The molecule has 112 valence electrons. The fraction of sp³-hybridized carbons (Fsp3) is 0.154. The summed E-state index contributed by atoms with van der Waals surface area (Å²) in [7, 11) is -2.64. The third-order valence-corrected chi connectivity index (χ3v) is 4.08. The van der Waals surface area contributed by atoms with Crippen LogP contribution in [0.2, 0.25) is 0 Å². The molecule has 0 saturated heterocycles. The summed E-state index contributed by atoms with van der Waals surface area (Å²) in [5.74, 6) is -0.605. The van der Waals surface area contributed by atoms with Gasteiger partial charge in [0.05, 0.1) is 25.6 Å². The Morgan fingerprint density at radius 2 is 2.10 bits per heavy atom. The van der Waals surface area contributed by atoms with Gasteiger partial charge in [-0.3, -0.25) is 4.72 Å². The molecule has 1 aromatic heterocycles. The van der Waals surface area contributed by atoms with E-state index in [0.717, 1.165) is 12.1 Å². The molecule has 0 bridgehead atoms. The van der Waals surface area contributed by atoms with Crippen LogP contribution in [0.4, 0.5) is 10.1 Å². The molecule has 6 nitrogen and oxygen atoms in total. The Morgan fingerprint density at radius 3 is 2.62 bits per heavy atom. The lowest BCUT2D eigenvalue weighted by molar-refractivity contribution is 0.281. The van der Waals surface area contributed by atoms with Gasteiger partial charge in [0, 0.05) is 6.07 Å². The minimum Gasteiger partial charge on any atom is -0.481 e. The Hall–Kier alpha value is -2.19. The van der Waals surface area contributed by atoms with Crippen molar-refractivity contribution in [3.63, 3.8) is 0 Å². The van der Waals surface area contributed by atoms with Gasteiger partial charge in [-0.15, -0.1) is 0 Å². The number of nitrogens with zero attached hydrogens (tertiary/aromatic N) is 1. The van der Waals surface area contributed by atoms with Gasteiger partial charge in [-0.05, 0) is 23.8 Å². The van der Waals surface area contributed by atoms with Gasteiger partial charge < -0.3 is 9.84 Å². The molecule has 8 heteroatoms. The van der Waals surface area contributed by atoms with Gasteiger partial charge >= 0.3 is 0 Å². The van der Waals surface area contributed by atoms with Gasteiger partial charge in [0.1, 0.15) is 10.7 Å². The summed E-state index contributed by atoms with van der Waals surface area (Å²) >= 11 is 0. The molecule has 2 N–H and O–H groups in total. The number of pyridine rings is 1. The Bertz CT molecular complexity index is 732. The summed E-state index contributed by atoms with van der Waals surface area (Å²) in [5, 5.41) is 8.89. The number of sulfonamides is 1. The quantitative estimate of drug-likeness (QED) is 0.874. The van der Waals surface area contributed by atoms with Crippen molar-refractivity contribution in [1.82, 2.24) is 4.98 Å². The predicted molar refractivity (Wildman–Crippen MR) is 73.9 cm³/mol. The number of ether oxygens (including phenoxy) is 1. The largest absolute Gasteiger partial charge is 0.481 e. The minimum atomic E-state index is -4.08. The molecular formula is C13H13FN2O4S. The van der Waals surface area contributed by atoms with Gasteiger partial charge in [-0.25, -0.2) is 17.8 Å². The van der Waals surface area contributed by atoms with Crippen LogP contribution in [0, 0.1) is 5.82 Å². The molecule has 2 rings (SSSR count). The van der Waals surface area contributed by atoms with E-state index in [9.17, 15) is 12.8 Å². The van der Waals surface area contributed by atoms with E-state index in [2.05, 4.69) is 9.71 Å². The van der Waals surface area contributed by atoms with Crippen LogP contribution in [0.1, 0.15) is 5.56 Å². The number of rotatable bonds is 5. The van der Waals surface area contributed by atoms with Crippen molar-refractivity contribution in [2.45, 2.75) is 11.5 Å². The average Bonchev–Trinajstić information content (AvgIpc) is 2.47. The highest BCUT2D eigenvalue weighted by Crippen LogP contribution is 2.20. The third-order valence-electron chi connectivity index (χ3n) is 2.67. The molecule has 0 radical (unpaired) electrons. The zero-order chi connectivity index (χ0) is 15.5. The maximum Gasteiger partial charge on any atom is 0.264 e. The molecule has 2 aromatic rings. The standard InChI is InChI=1S/C13H13FN2O4S/c1-20-13-5-3-10(7-15-13)16-21(18,19)12-4-2-9(8-17)6-11(12)14/h2-7,16-17H,8H2,1H3. The van der Waals surface area contributed by atoms with E-state index < -0.39 is 20.7 Å². The van der Waals surface area contributed by atoms with Gasteiger partial charge in [-0.2, -0.15) is 0 Å². The van der Waals surface area contributed by atoms with E-state index in [0.29, 0.717) is 5.88 Å². The first-order valence-electron chi connectivity index (χ1n) is 5.88. The zero-order valence-electron chi connectivity index (χ0n) is 11.1. The lowest BCUT2D eigenvalue weighted by Gasteiger charge is -2.09. The van der Waals surface area contributed by atoms with Gasteiger partial charge in [0.15, 0.2) is 0 Å². The second kappa shape index (κ2) is 6.06. The van der Waals surface area contributed by atoms with Crippen molar-refractivity contribution in [3.05, 3.63) is 47.9 Å². The smallest absolute Gasteiger partial charge is 0.264 e. The van der Waals surface area contributed by atoms with Crippen LogP contribution in [0.25, 0.3) is 0 Å². The first-order valence-corrected chi connectivity index (χ1v) is 7.37. The van der Waals surface area contributed by atoms with Crippen molar-refractivity contribution in [2.24, 2.45) is 0 Å². The average molecular weight is 312 g/mol. The Labute approximate surface area is 121 Å². The molecule has 0 amide bonds. The van der Waals surface area contributed by atoms with Crippen LogP contribution in [0.15, 0.2) is 41.4 Å². The van der Waals surface area contributed by atoms with Gasteiger partial charge in [-0.1, -0.05) is 6.07 Å². The van der Waals surface area contributed by atoms with Crippen LogP contribution >= 0.6 is 0 Å². The number of aliphatic hydroxyl groups is 1. The number of benzene rings is 1. The molecule has 1 aromatic carbocycles. The number of hydrogen-bond donors (Lipinski definition) is 2. The highest BCUT2D eigenvalue weighted by atomic mass is 32.2. The summed E-state index contributed by atoms with van der Waals surface area (Å²) in [6.45, 7) is -0.368. The van der Waals surface area contributed by atoms with Crippen molar-refractivity contribution in [2.75, 3.05) is 11.8 Å². The highest BCUT2D eigenvalue weighted by molar-refractivity contribution is 7.92. The summed E-state index contributed by atoms with van der Waals surface area (Å²) in [5.41, 5.74) is 0.471. The molecule has 1 heterocycles. The lowest BCUT2D eigenvalue weighted by Crippen LogP contribution is -2.15. The summed E-state index contributed by atoms with van der Waals surface area (Å²) in [6, 6.07) is 6.33. The van der Waals surface area contributed by atoms with Gasteiger partial charge in [0.25, 0.3) is 10.0 Å². The van der Waals surface area contributed by atoms with Crippen LogP contribution < -0.4 is 9.46 Å². The predicted octanol–water partition coefficient (Wildman–Crippen LogP) is 1.52. The summed E-state index contributed by atoms with van der Waals surface area (Å²) < 4.78 is 45.1. The molecule has 0 aliphatic rings. The molecule has 0 aliphatic heterocycles. The number of aromatic nitrogens is 1. The normalized spacial score (nSPS) is 11.2. The Balaban J connectivity index is 2.29. The molecule has 0 unspecified atom stereocenters. The third kappa shape index (κ3) is 3.47. The Morgan fingerprint density at radius 1 is 1.33 bits per heavy atom. The molecule has 0 atom stereocenters. The molecule has 0 saturated carbocycles. The SMILES string of the molecule is COc1ccc(NS(=O)(=O)c2ccc(CO)cc2F)cn1. The first kappa shape index (κ1) is 15.2. The topological polar surface area (TPSA) is 88.5 Å². The number of halogens is 1. The van der Waals surface area contributed by atoms with Crippen molar-refractivity contribution in [3.8, 4) is 5.88 Å². The fourth-order valence-electron chi connectivity index (χ4n) is 1.63. The van der Waals surface area contributed by atoms with E-state index in [1.807, 2.05) is 0 Å². The first-order chi connectivity index (χ1) is 9.96. The van der Waals surface area contributed by atoms with Crippen LogP contribution in [-0.4, -0.2) is 25.6 Å². The number of hydrogen-bond acceptors (Lipinski definition) is 5. The number of nitrogens with one attached hydrogen (secondary N) is 1. The number of anilines is 1. The molecule has 0 fully saturated rings. The summed E-state index contributed by atoms with van der Waals surface area (Å²) in [4.78, 5) is 3.34. The molecule has 0 aliphatic carbocycles. The fourth-order valence-corrected chi connectivity index (χ4v) is 2.74. The van der Waals surface area contributed by atoms with Crippen molar-refractivity contribution < 1.29 is 22.7 Å². The van der Waals surface area contributed by atoms with Gasteiger partial charge in [0.2, 0.25) is 5.88 Å². The van der Waals surface area contributed by atoms with Crippen molar-refractivity contribution in [1.29, 1.82) is 0 Å². The molecule has 21 heavy (non-hydrogen) atoms. The Kier molecular flexibility index (Phi) is 4.39. The number of aliphatic hydroxyl groups excluding tert-OH is 1. The molecular weight excluding hydrogens is 299 g/mol. The van der Waals surface area contributed by atoms with Crippen LogP contribution in [0.3, 0.4) is 0 Å². The van der Waals surface area contributed by atoms with E-state index in [4.69, 9.17) is 9.84 Å². The van der Waals surface area contributed by atoms with E-state index >= 15 is 0 Å². The maximum atomic E-state index is 13.8. The van der Waals surface area contributed by atoms with E-state index in [1.54, 1.807) is 0 Å². The van der Waals surface area contributed by atoms with E-state index in [1.165, 1.54) is 31.5 Å². The second-order valence-corrected chi connectivity index (χ2v) is 5.77. The maximum absolute atomic E-state index is 13.8. The minimum absolute atomic E-state index is 0.182. The lowest BCUT2D eigenvalue weighted by atomic mass is 10.2. The van der Waals surface area contributed by atoms with Crippen LogP contribution in [0.5, 0.6) is 5.88 Å². The number of methoxy groups -OCH3 is 1. The van der Waals surface area contributed by atoms with Crippen molar-refractivity contribution >= 4 is 15.7 Å². The monoisotopic (exact) mass is 312 g/mol. The highest BCUT2D eigenvalue weighted by Gasteiger charge is 2.19. The summed E-state index contributed by atoms with van der Waals surface area (Å²) in [6.07, 6.45) is 1.26. The van der Waals surface area contributed by atoms with E-state index in [-0.39, 0.29) is 17.9 Å². The van der Waals surface area contributed by atoms with Crippen LogP contribution in [-0.2, 0) is 16.6 Å². The second-order valence-electron chi connectivity index (χ2n) is 4.12.